The molecule has 0 fully saturated rings. The first-order valence-corrected chi connectivity index (χ1v) is 2.12. The van der Waals surface area contributed by atoms with E-state index in [2.05, 4.69) is 6.58 Å². The van der Waals surface area contributed by atoms with Gasteiger partial charge in [0.2, 0.25) is 0 Å². The monoisotopic (exact) mass is 126 g/mol. The Morgan fingerprint density at radius 3 is 2.29 bits per heavy atom. The van der Waals surface area contributed by atoms with Crippen LogP contribution in [0.1, 0.15) is 13.3 Å². The second-order valence-electron chi connectivity index (χ2n) is 1.21. The molecule has 2 heteroatoms. The summed E-state index contributed by atoms with van der Waals surface area (Å²) in [6, 6.07) is 0. The Balaban J connectivity index is 0. The van der Waals surface area contributed by atoms with Crippen LogP contribution in [0.4, 0.5) is 0 Å². The molecule has 0 aromatic rings. The van der Waals surface area contributed by atoms with Crippen molar-refractivity contribution in [3.63, 3.8) is 0 Å². The van der Waals surface area contributed by atoms with Crippen LogP contribution < -0.4 is 0 Å². The van der Waals surface area contributed by atoms with E-state index in [-0.39, 0.29) is 57.5 Å². The Morgan fingerprint density at radius 2 is 2.29 bits per heavy atom. The Labute approximate surface area is 87.2 Å². The second kappa shape index (κ2) is 7.34. The summed E-state index contributed by atoms with van der Waals surface area (Å²) in [4.78, 5) is 0. The van der Waals surface area contributed by atoms with Gasteiger partial charge < -0.3 is 5.11 Å². The van der Waals surface area contributed by atoms with Gasteiger partial charge in [-0.25, -0.2) is 0 Å². The van der Waals surface area contributed by atoms with Gasteiger partial charge in [0.15, 0.2) is 0 Å². The fourth-order valence-electron chi connectivity index (χ4n) is 0.167. The van der Waals surface area contributed by atoms with Gasteiger partial charge in [-0.05, 0) is 6.42 Å². The number of rotatable bonds is 2. The fraction of sp³-hybridized carbons (Fsp3) is 0.600. The first kappa shape index (κ1) is 11.2. The predicted octanol–water partition coefficient (Wildman–Crippen LogP) is 0.295. The molecule has 0 aromatic heterocycles. The summed E-state index contributed by atoms with van der Waals surface area (Å²) in [7, 11) is 0. The zero-order valence-corrected chi connectivity index (χ0v) is 4.02. The minimum absolute atomic E-state index is 0. The van der Waals surface area contributed by atoms with Crippen molar-refractivity contribution in [1.82, 2.24) is 0 Å². The van der Waals surface area contributed by atoms with Crippen molar-refractivity contribution in [2.75, 3.05) is 0 Å². The van der Waals surface area contributed by atoms with Crippen molar-refractivity contribution in [2.45, 2.75) is 19.4 Å². The van der Waals surface area contributed by atoms with Crippen molar-refractivity contribution in [3.05, 3.63) is 12.7 Å². The third kappa shape index (κ3) is 7.34. The number of hydrogen-bond donors (Lipinski definition) is 1. The summed E-state index contributed by atoms with van der Waals surface area (Å²) in [5, 5.41) is 8.55. The first-order valence-electron chi connectivity index (χ1n) is 2.12. The molecule has 38 valence electrons. The van der Waals surface area contributed by atoms with Crippen molar-refractivity contribution < 1.29 is 5.11 Å². The molecular formula is C5H11KO. The Morgan fingerprint density at radius 1 is 1.86 bits per heavy atom. The molecule has 0 aliphatic rings. The van der Waals surface area contributed by atoms with E-state index in [4.69, 9.17) is 5.11 Å². The van der Waals surface area contributed by atoms with E-state index in [1.54, 1.807) is 0 Å². The predicted molar refractivity (Wildman–Crippen MR) is 33.6 cm³/mol. The third-order valence-electron chi connectivity index (χ3n) is 0.690. The van der Waals surface area contributed by atoms with Gasteiger partial charge in [-0.15, -0.1) is 6.58 Å². The molecule has 0 spiro atoms. The molecule has 0 heterocycles. The van der Waals surface area contributed by atoms with Crippen molar-refractivity contribution >= 4 is 51.4 Å². The first-order chi connectivity index (χ1) is 2.81. The van der Waals surface area contributed by atoms with Crippen LogP contribution in [0.15, 0.2) is 12.7 Å². The van der Waals surface area contributed by atoms with Gasteiger partial charge in [-0.1, -0.05) is 13.0 Å². The number of aliphatic hydroxyl groups is 1. The third-order valence-corrected chi connectivity index (χ3v) is 0.690. The average Bonchev–Trinajstić information content (AvgIpc) is 1.65. The average molecular weight is 126 g/mol. The molecule has 1 atom stereocenters. The molecule has 1 unspecified atom stereocenters. The van der Waals surface area contributed by atoms with E-state index in [0.717, 1.165) is 6.42 Å². The van der Waals surface area contributed by atoms with Crippen LogP contribution in [-0.4, -0.2) is 62.6 Å². The Kier molecular flexibility index (Phi) is 11.7. The molecule has 0 aliphatic carbocycles. The van der Waals surface area contributed by atoms with E-state index in [0.29, 0.717) is 0 Å². The zero-order valence-electron chi connectivity index (χ0n) is 4.02. The van der Waals surface area contributed by atoms with Gasteiger partial charge in [-0.2, -0.15) is 0 Å². The molecule has 7 heavy (non-hydrogen) atoms. The van der Waals surface area contributed by atoms with Gasteiger partial charge in [0.25, 0.3) is 0 Å². The van der Waals surface area contributed by atoms with Crippen molar-refractivity contribution in [2.24, 2.45) is 0 Å². The molecule has 0 radical (unpaired) electrons. The molecular weight excluding hydrogens is 115 g/mol. The second-order valence-corrected chi connectivity index (χ2v) is 1.21. The van der Waals surface area contributed by atoms with Crippen LogP contribution in [0, 0.1) is 0 Å². The minimum atomic E-state index is -0.301. The molecule has 0 rings (SSSR count). The molecule has 0 saturated carbocycles. The summed E-state index contributed by atoms with van der Waals surface area (Å²) in [5.41, 5.74) is 0. The summed E-state index contributed by atoms with van der Waals surface area (Å²) in [6.45, 7) is 5.29. The molecule has 0 aliphatic heterocycles. The Hall–Kier alpha value is 1.34. The number of aliphatic hydroxyl groups excluding tert-OH is 1. The van der Waals surface area contributed by atoms with Crippen molar-refractivity contribution in [1.29, 1.82) is 0 Å². The van der Waals surface area contributed by atoms with Crippen LogP contribution in [0.3, 0.4) is 0 Å². The van der Waals surface area contributed by atoms with Crippen LogP contribution in [-0.2, 0) is 0 Å². The standard InChI is InChI=1S/C5H10O.K.H/c1-3-5(6)4-2;;/h3,5-6H,1,4H2,2H3;;. The van der Waals surface area contributed by atoms with E-state index in [1.807, 2.05) is 6.92 Å². The maximum absolute atomic E-state index is 8.55. The zero-order chi connectivity index (χ0) is 4.99. The molecule has 0 saturated heterocycles. The van der Waals surface area contributed by atoms with Gasteiger partial charge in [0.1, 0.15) is 0 Å². The summed E-state index contributed by atoms with van der Waals surface area (Å²) in [6.07, 6.45) is 1.99. The van der Waals surface area contributed by atoms with Crippen molar-refractivity contribution in [3.8, 4) is 0 Å². The molecule has 1 N–H and O–H groups in total. The van der Waals surface area contributed by atoms with E-state index < -0.39 is 0 Å². The molecule has 0 amide bonds. The fourth-order valence-corrected chi connectivity index (χ4v) is 0.167. The van der Waals surface area contributed by atoms with E-state index in [9.17, 15) is 0 Å². The molecule has 1 nitrogen and oxygen atoms in total. The van der Waals surface area contributed by atoms with Crippen LogP contribution in [0.25, 0.3) is 0 Å². The summed E-state index contributed by atoms with van der Waals surface area (Å²) < 4.78 is 0. The summed E-state index contributed by atoms with van der Waals surface area (Å²) >= 11 is 0. The van der Waals surface area contributed by atoms with Gasteiger partial charge in [0, 0.05) is 0 Å². The van der Waals surface area contributed by atoms with Crippen LogP contribution in [0.2, 0.25) is 0 Å². The van der Waals surface area contributed by atoms with E-state index in [1.165, 1.54) is 6.08 Å². The van der Waals surface area contributed by atoms with Crippen LogP contribution >= 0.6 is 0 Å². The van der Waals surface area contributed by atoms with Gasteiger partial charge >= 0.3 is 51.4 Å². The number of hydrogen-bond acceptors (Lipinski definition) is 1. The van der Waals surface area contributed by atoms with Crippen LogP contribution in [0.5, 0.6) is 0 Å². The quantitative estimate of drug-likeness (QED) is 0.416. The molecule has 0 bridgehead atoms. The normalized spacial score (nSPS) is 11.7. The maximum atomic E-state index is 8.55. The Bertz CT molecular complexity index is 45.3. The summed E-state index contributed by atoms with van der Waals surface area (Å²) in [5.74, 6) is 0. The SMILES string of the molecule is C=CC(O)CC.[KH]. The van der Waals surface area contributed by atoms with Gasteiger partial charge in [0.05, 0.1) is 6.10 Å². The molecule has 0 aromatic carbocycles. The topological polar surface area (TPSA) is 20.2 Å². The van der Waals surface area contributed by atoms with E-state index >= 15 is 0 Å². The van der Waals surface area contributed by atoms with Gasteiger partial charge in [-0.3, -0.25) is 0 Å².